The van der Waals surface area contributed by atoms with Crippen molar-refractivity contribution in [2.45, 2.75) is 23.0 Å². The molecule has 0 aromatic heterocycles. The Balaban J connectivity index is 2.07. The van der Waals surface area contributed by atoms with Crippen LogP contribution in [0.15, 0.2) is 53.4 Å². The lowest BCUT2D eigenvalue weighted by atomic mass is 9.89. The summed E-state index contributed by atoms with van der Waals surface area (Å²) >= 11 is 0. The molecular weight excluding hydrogens is 300 g/mol. The molecule has 4 nitrogen and oxygen atoms in total. The van der Waals surface area contributed by atoms with Crippen LogP contribution >= 0.6 is 0 Å². The van der Waals surface area contributed by atoms with E-state index in [1.54, 1.807) is 24.3 Å². The number of hydrogen-bond donors (Lipinski definition) is 0. The van der Waals surface area contributed by atoms with E-state index in [0.29, 0.717) is 24.2 Å². The molecule has 1 aliphatic carbocycles. The largest absolute Gasteiger partial charge is 0.496 e. The predicted molar refractivity (Wildman–Crippen MR) is 83.1 cm³/mol. The van der Waals surface area contributed by atoms with Gasteiger partial charge in [-0.2, -0.15) is 0 Å². The number of ketones is 1. The van der Waals surface area contributed by atoms with E-state index in [1.807, 2.05) is 12.1 Å². The first-order valence-electron chi connectivity index (χ1n) is 7.04. The molecule has 0 amide bonds. The van der Waals surface area contributed by atoms with Gasteiger partial charge in [-0.05, 0) is 36.6 Å². The molecule has 0 radical (unpaired) electrons. The van der Waals surface area contributed by atoms with E-state index in [2.05, 4.69) is 0 Å². The predicted octanol–water partition coefficient (Wildman–Crippen LogP) is 2.67. The molecule has 0 fully saturated rings. The van der Waals surface area contributed by atoms with Crippen molar-refractivity contribution in [2.24, 2.45) is 0 Å². The third-order valence-corrected chi connectivity index (χ3v) is 6.12. The van der Waals surface area contributed by atoms with Gasteiger partial charge in [0, 0.05) is 0 Å². The Labute approximate surface area is 129 Å². The van der Waals surface area contributed by atoms with Crippen LogP contribution in [0.25, 0.3) is 0 Å². The first kappa shape index (κ1) is 14.8. The standard InChI is InChI=1S/C17H16O4S/c1-21-14-9-5-6-12-10-11-15(17(18)16(12)14)22(19,20)13-7-3-2-4-8-13/h2-9,15H,10-11H2,1H3. The maximum absolute atomic E-state index is 12.8. The monoisotopic (exact) mass is 316 g/mol. The number of benzene rings is 2. The Morgan fingerprint density at radius 3 is 2.45 bits per heavy atom. The number of ether oxygens (including phenoxy) is 1. The number of carbonyl (C=O) groups excluding carboxylic acids is 1. The minimum atomic E-state index is -3.68. The van der Waals surface area contributed by atoms with Crippen molar-refractivity contribution in [3.63, 3.8) is 0 Å². The minimum Gasteiger partial charge on any atom is -0.496 e. The van der Waals surface area contributed by atoms with Crippen LogP contribution in [0.4, 0.5) is 0 Å². The summed E-state index contributed by atoms with van der Waals surface area (Å²) in [6.07, 6.45) is 0.852. The van der Waals surface area contributed by atoms with Gasteiger partial charge in [-0.1, -0.05) is 30.3 Å². The Bertz CT molecular complexity index is 796. The van der Waals surface area contributed by atoms with E-state index in [0.717, 1.165) is 5.56 Å². The van der Waals surface area contributed by atoms with Crippen LogP contribution in [0, 0.1) is 0 Å². The van der Waals surface area contributed by atoms with Gasteiger partial charge in [-0.25, -0.2) is 8.42 Å². The Kier molecular flexibility index (Phi) is 3.74. The fraction of sp³-hybridized carbons (Fsp3) is 0.235. The molecule has 5 heteroatoms. The highest BCUT2D eigenvalue weighted by Gasteiger charge is 2.39. The Hall–Kier alpha value is -2.14. The van der Waals surface area contributed by atoms with E-state index in [-0.39, 0.29) is 10.7 Å². The lowest BCUT2D eigenvalue weighted by Gasteiger charge is -2.24. The van der Waals surface area contributed by atoms with Gasteiger partial charge >= 0.3 is 0 Å². The SMILES string of the molecule is COc1cccc2c1C(=O)C(S(=O)(=O)c1ccccc1)CC2. The van der Waals surface area contributed by atoms with Crippen LogP contribution in [-0.4, -0.2) is 26.6 Å². The molecule has 1 aliphatic rings. The molecule has 1 unspecified atom stereocenters. The molecule has 0 heterocycles. The first-order valence-corrected chi connectivity index (χ1v) is 8.59. The Morgan fingerprint density at radius 2 is 1.77 bits per heavy atom. The van der Waals surface area contributed by atoms with Crippen LogP contribution in [0.3, 0.4) is 0 Å². The summed E-state index contributed by atoms with van der Waals surface area (Å²) < 4.78 is 30.7. The van der Waals surface area contributed by atoms with Gasteiger partial charge < -0.3 is 4.74 Å². The van der Waals surface area contributed by atoms with Gasteiger partial charge in [-0.3, -0.25) is 4.79 Å². The number of methoxy groups -OCH3 is 1. The van der Waals surface area contributed by atoms with Gasteiger partial charge in [0.15, 0.2) is 15.6 Å². The molecular formula is C17H16O4S. The summed E-state index contributed by atoms with van der Waals surface area (Å²) in [7, 11) is -2.20. The summed E-state index contributed by atoms with van der Waals surface area (Å²) in [5.41, 5.74) is 1.25. The molecule has 0 spiro atoms. The number of carbonyl (C=O) groups is 1. The molecule has 2 aromatic carbocycles. The Morgan fingerprint density at radius 1 is 1.05 bits per heavy atom. The average Bonchev–Trinajstić information content (AvgIpc) is 2.55. The molecule has 0 N–H and O–H groups in total. The van der Waals surface area contributed by atoms with Crippen LogP contribution in [0.2, 0.25) is 0 Å². The molecule has 0 saturated heterocycles. The number of Topliss-reactive ketones (excluding diaryl/α,β-unsaturated/α-hetero) is 1. The highest BCUT2D eigenvalue weighted by Crippen LogP contribution is 2.34. The van der Waals surface area contributed by atoms with Gasteiger partial charge in [-0.15, -0.1) is 0 Å². The van der Waals surface area contributed by atoms with Gasteiger partial charge in [0.1, 0.15) is 11.0 Å². The molecule has 0 aliphatic heterocycles. The molecule has 114 valence electrons. The van der Waals surface area contributed by atoms with Crippen molar-refractivity contribution in [3.8, 4) is 5.75 Å². The van der Waals surface area contributed by atoms with E-state index >= 15 is 0 Å². The number of aryl methyl sites for hydroxylation is 1. The number of fused-ring (bicyclic) bond motifs is 1. The zero-order valence-electron chi connectivity index (χ0n) is 12.2. The minimum absolute atomic E-state index is 0.187. The van der Waals surface area contributed by atoms with Crippen LogP contribution in [-0.2, 0) is 16.3 Å². The maximum atomic E-state index is 12.8. The lowest BCUT2D eigenvalue weighted by Crippen LogP contribution is -2.35. The van der Waals surface area contributed by atoms with Gasteiger partial charge in [0.25, 0.3) is 0 Å². The zero-order valence-corrected chi connectivity index (χ0v) is 13.0. The number of hydrogen-bond acceptors (Lipinski definition) is 4. The van der Waals surface area contributed by atoms with Gasteiger partial charge in [0.05, 0.1) is 17.6 Å². The third kappa shape index (κ3) is 2.31. The van der Waals surface area contributed by atoms with Gasteiger partial charge in [0.2, 0.25) is 0 Å². The van der Waals surface area contributed by atoms with Crippen LogP contribution in [0.1, 0.15) is 22.3 Å². The van der Waals surface area contributed by atoms with E-state index < -0.39 is 15.1 Å². The van der Waals surface area contributed by atoms with E-state index in [4.69, 9.17) is 4.74 Å². The molecule has 0 bridgehead atoms. The second kappa shape index (κ2) is 5.57. The van der Waals surface area contributed by atoms with Crippen molar-refractivity contribution in [1.29, 1.82) is 0 Å². The van der Waals surface area contributed by atoms with Crippen LogP contribution < -0.4 is 4.74 Å². The highest BCUT2D eigenvalue weighted by molar-refractivity contribution is 7.92. The molecule has 2 aromatic rings. The number of sulfone groups is 1. The van der Waals surface area contributed by atoms with Crippen molar-refractivity contribution in [1.82, 2.24) is 0 Å². The van der Waals surface area contributed by atoms with Crippen molar-refractivity contribution < 1.29 is 17.9 Å². The normalized spacial score (nSPS) is 17.9. The number of rotatable bonds is 3. The molecule has 22 heavy (non-hydrogen) atoms. The summed E-state index contributed by atoms with van der Waals surface area (Å²) in [6, 6.07) is 13.5. The highest BCUT2D eigenvalue weighted by atomic mass is 32.2. The summed E-state index contributed by atoms with van der Waals surface area (Å²) in [4.78, 5) is 12.9. The lowest BCUT2D eigenvalue weighted by molar-refractivity contribution is 0.0973. The molecule has 3 rings (SSSR count). The van der Waals surface area contributed by atoms with E-state index in [1.165, 1.54) is 19.2 Å². The molecule has 0 saturated carbocycles. The smallest absolute Gasteiger partial charge is 0.188 e. The second-order valence-electron chi connectivity index (χ2n) is 5.24. The fourth-order valence-corrected chi connectivity index (χ4v) is 4.58. The fourth-order valence-electron chi connectivity index (χ4n) is 2.88. The third-order valence-electron chi connectivity index (χ3n) is 3.99. The quantitative estimate of drug-likeness (QED) is 0.873. The summed E-state index contributed by atoms with van der Waals surface area (Å²) in [6.45, 7) is 0. The van der Waals surface area contributed by atoms with Crippen LogP contribution in [0.5, 0.6) is 5.75 Å². The van der Waals surface area contributed by atoms with Crippen molar-refractivity contribution >= 4 is 15.6 Å². The average molecular weight is 316 g/mol. The second-order valence-corrected chi connectivity index (χ2v) is 7.37. The zero-order chi connectivity index (χ0) is 15.7. The summed E-state index contributed by atoms with van der Waals surface area (Å²) in [5.74, 6) is 0.0676. The van der Waals surface area contributed by atoms with Crippen molar-refractivity contribution in [3.05, 3.63) is 59.7 Å². The van der Waals surface area contributed by atoms with E-state index in [9.17, 15) is 13.2 Å². The topological polar surface area (TPSA) is 60.4 Å². The molecule has 1 atom stereocenters. The maximum Gasteiger partial charge on any atom is 0.188 e. The first-order chi connectivity index (χ1) is 10.6. The van der Waals surface area contributed by atoms with Crippen molar-refractivity contribution in [2.75, 3.05) is 7.11 Å². The summed E-state index contributed by atoms with van der Waals surface area (Å²) in [5, 5.41) is -1.04.